The molecule has 0 amide bonds. The van der Waals surface area contributed by atoms with Gasteiger partial charge >= 0.3 is 0 Å². The minimum atomic E-state index is -0.169. The summed E-state index contributed by atoms with van der Waals surface area (Å²) in [6.07, 6.45) is 4.01. The third kappa shape index (κ3) is 3.90. The summed E-state index contributed by atoms with van der Waals surface area (Å²) in [5.74, 6) is 0. The molecule has 0 unspecified atom stereocenters. The van der Waals surface area contributed by atoms with Crippen LogP contribution in [0.1, 0.15) is 30.5 Å². The number of benzene rings is 6. The third-order valence-corrected chi connectivity index (χ3v) is 10.1. The lowest BCUT2D eigenvalue weighted by molar-refractivity contribution is 0.652. The van der Waals surface area contributed by atoms with Gasteiger partial charge < -0.3 is 0 Å². The van der Waals surface area contributed by atoms with E-state index in [-0.39, 0.29) is 5.41 Å². The molecular formula is C44H32N2. The van der Waals surface area contributed by atoms with Gasteiger partial charge in [-0.25, -0.2) is 0 Å². The maximum Gasteiger partial charge on any atom is 0.0708 e. The Hall–Kier alpha value is -5.60. The van der Waals surface area contributed by atoms with Gasteiger partial charge in [-0.05, 0) is 79.2 Å². The highest BCUT2D eigenvalue weighted by molar-refractivity contribution is 6.28. The van der Waals surface area contributed by atoms with Gasteiger partial charge in [-0.2, -0.15) is 0 Å². The second-order valence-corrected chi connectivity index (χ2v) is 13.1. The maximum absolute atomic E-state index is 5.01. The lowest BCUT2D eigenvalue weighted by Crippen LogP contribution is -2.22. The van der Waals surface area contributed by atoms with Crippen LogP contribution < -0.4 is 0 Å². The molecule has 9 rings (SSSR count). The summed E-state index contributed by atoms with van der Waals surface area (Å²) in [5, 5.41) is 7.87. The monoisotopic (exact) mass is 588 g/mol. The number of aryl methyl sites for hydroxylation is 1. The molecule has 2 nitrogen and oxygen atoms in total. The Bertz CT molecular complexity index is 2460. The van der Waals surface area contributed by atoms with Crippen LogP contribution in [0.5, 0.6) is 0 Å². The maximum atomic E-state index is 5.01. The third-order valence-electron chi connectivity index (χ3n) is 10.1. The molecule has 0 saturated heterocycles. The van der Waals surface area contributed by atoms with Crippen LogP contribution in [0, 0.1) is 6.92 Å². The summed E-state index contributed by atoms with van der Waals surface area (Å²) >= 11 is 0. The van der Waals surface area contributed by atoms with Crippen LogP contribution in [0.4, 0.5) is 0 Å². The molecule has 0 fully saturated rings. The van der Waals surface area contributed by atoms with E-state index in [0.717, 1.165) is 22.5 Å². The Morgan fingerprint density at radius 2 is 1.02 bits per heavy atom. The van der Waals surface area contributed by atoms with Crippen LogP contribution in [0.2, 0.25) is 0 Å². The molecule has 218 valence electrons. The molecule has 46 heavy (non-hydrogen) atoms. The van der Waals surface area contributed by atoms with E-state index in [9.17, 15) is 0 Å². The number of nitrogens with zero attached hydrogens (tertiary/aromatic N) is 2. The fourth-order valence-corrected chi connectivity index (χ4v) is 7.76. The predicted molar refractivity (Wildman–Crippen MR) is 193 cm³/mol. The molecule has 8 aromatic rings. The first-order chi connectivity index (χ1) is 22.5. The summed E-state index contributed by atoms with van der Waals surface area (Å²) in [6.45, 7) is 7.00. The van der Waals surface area contributed by atoms with Crippen molar-refractivity contribution in [3.8, 4) is 44.8 Å². The van der Waals surface area contributed by atoms with Crippen molar-refractivity contribution in [1.82, 2.24) is 9.97 Å². The molecule has 0 saturated carbocycles. The molecule has 2 aromatic heterocycles. The van der Waals surface area contributed by atoms with Crippen molar-refractivity contribution in [2.24, 2.45) is 0 Å². The second kappa shape index (κ2) is 9.95. The minimum Gasteiger partial charge on any atom is -0.256 e. The quantitative estimate of drug-likeness (QED) is 0.191. The highest BCUT2D eigenvalue weighted by atomic mass is 14.7. The first kappa shape index (κ1) is 26.8. The zero-order valence-corrected chi connectivity index (χ0v) is 26.2. The summed E-state index contributed by atoms with van der Waals surface area (Å²) in [5.41, 5.74) is 12.8. The first-order valence-electron chi connectivity index (χ1n) is 16.0. The van der Waals surface area contributed by atoms with Crippen LogP contribution >= 0.6 is 0 Å². The number of pyridine rings is 2. The second-order valence-electron chi connectivity index (χ2n) is 13.1. The zero-order valence-electron chi connectivity index (χ0n) is 26.2. The van der Waals surface area contributed by atoms with Crippen LogP contribution in [0.3, 0.4) is 0 Å². The molecule has 0 atom stereocenters. The van der Waals surface area contributed by atoms with Crippen LogP contribution in [-0.4, -0.2) is 9.97 Å². The zero-order chi connectivity index (χ0) is 31.0. The molecule has 0 radical (unpaired) electrons. The molecule has 2 heteroatoms. The topological polar surface area (TPSA) is 25.8 Å². The molecule has 6 aromatic carbocycles. The summed E-state index contributed by atoms with van der Waals surface area (Å²) < 4.78 is 0. The lowest BCUT2D eigenvalue weighted by atomic mass is 9.68. The van der Waals surface area contributed by atoms with Crippen LogP contribution in [0.15, 0.2) is 140 Å². The van der Waals surface area contributed by atoms with Gasteiger partial charge in [-0.3, -0.25) is 9.97 Å². The Kier molecular flexibility index (Phi) is 5.79. The fourth-order valence-electron chi connectivity index (χ4n) is 7.76. The van der Waals surface area contributed by atoms with Gasteiger partial charge in [0.05, 0.1) is 11.4 Å². The van der Waals surface area contributed by atoms with E-state index in [1.54, 1.807) is 0 Å². The molecule has 0 aliphatic heterocycles. The average molecular weight is 589 g/mol. The molecule has 0 N–H and O–H groups in total. The Balaban J connectivity index is 1.28. The van der Waals surface area contributed by atoms with Crippen molar-refractivity contribution >= 4 is 32.3 Å². The number of aromatic nitrogens is 2. The Labute approximate surface area is 269 Å². The smallest absolute Gasteiger partial charge is 0.0708 e. The van der Waals surface area contributed by atoms with E-state index in [4.69, 9.17) is 9.97 Å². The Morgan fingerprint density at radius 3 is 1.61 bits per heavy atom. The van der Waals surface area contributed by atoms with Gasteiger partial charge in [0.25, 0.3) is 0 Å². The van der Waals surface area contributed by atoms with Gasteiger partial charge in [0.15, 0.2) is 0 Å². The van der Waals surface area contributed by atoms with E-state index in [1.807, 2.05) is 24.5 Å². The average Bonchev–Trinajstić information content (AvgIpc) is 3.11. The van der Waals surface area contributed by atoms with E-state index in [0.29, 0.717) is 0 Å². The first-order valence-corrected chi connectivity index (χ1v) is 16.0. The summed E-state index contributed by atoms with van der Waals surface area (Å²) in [6, 6.07) is 45.9. The number of hydrogen-bond acceptors (Lipinski definition) is 2. The van der Waals surface area contributed by atoms with Crippen molar-refractivity contribution in [2.75, 3.05) is 0 Å². The van der Waals surface area contributed by atoms with Gasteiger partial charge in [0, 0.05) is 40.1 Å². The molecule has 2 heterocycles. The highest BCUT2D eigenvalue weighted by Gasteiger charge is 2.34. The van der Waals surface area contributed by atoms with Crippen molar-refractivity contribution in [3.05, 3.63) is 156 Å². The molecule has 0 spiro atoms. The van der Waals surface area contributed by atoms with Gasteiger partial charge in [-0.1, -0.05) is 129 Å². The predicted octanol–water partition coefficient (Wildman–Crippen LogP) is 11.6. The van der Waals surface area contributed by atoms with Crippen LogP contribution in [-0.2, 0) is 5.41 Å². The largest absolute Gasteiger partial charge is 0.256 e. The highest BCUT2D eigenvalue weighted by Crippen LogP contribution is 2.52. The molecule has 0 bridgehead atoms. The van der Waals surface area contributed by atoms with Crippen LogP contribution in [0.25, 0.3) is 77.1 Å². The van der Waals surface area contributed by atoms with E-state index in [1.165, 1.54) is 71.3 Å². The van der Waals surface area contributed by atoms with Crippen molar-refractivity contribution in [2.45, 2.75) is 26.2 Å². The van der Waals surface area contributed by atoms with Gasteiger partial charge in [0.1, 0.15) is 0 Å². The summed E-state index contributed by atoms with van der Waals surface area (Å²) in [7, 11) is 0. The summed E-state index contributed by atoms with van der Waals surface area (Å²) in [4.78, 5) is 10.0. The molecule has 1 aliphatic carbocycles. The number of rotatable bonds is 4. The standard InChI is InChI=1S/C44H32N2/c1-27-24-30-14-17-34-33(38-22-15-31(25-45-38)28-10-6-4-7-11-28)18-20-36-42(34)41(30)43-37(44(36,2)3)21-19-35(40(27)43)39-23-16-32(26-46-39)29-12-8-5-9-13-29/h4-26H,1-3H3. The van der Waals surface area contributed by atoms with Gasteiger partial charge in [0.2, 0.25) is 0 Å². The van der Waals surface area contributed by atoms with E-state index < -0.39 is 0 Å². The van der Waals surface area contributed by atoms with Crippen molar-refractivity contribution in [3.63, 3.8) is 0 Å². The van der Waals surface area contributed by atoms with E-state index >= 15 is 0 Å². The SMILES string of the molecule is Cc1cc2ccc3c(-c4ccc(-c5ccccc5)cn4)ccc4c3c2c2c(ccc(-c3ccc(-c5ccccc5)cn3)c12)C4(C)C. The molecular weight excluding hydrogens is 556 g/mol. The fraction of sp³-hybridized carbons (Fsp3) is 0.0909. The minimum absolute atomic E-state index is 0.169. The van der Waals surface area contributed by atoms with Gasteiger partial charge in [-0.15, -0.1) is 0 Å². The van der Waals surface area contributed by atoms with Crippen molar-refractivity contribution < 1.29 is 0 Å². The van der Waals surface area contributed by atoms with E-state index in [2.05, 4.69) is 136 Å². The lowest BCUT2D eigenvalue weighted by Gasteiger charge is -2.35. The normalized spacial score (nSPS) is 13.3. The molecule has 1 aliphatic rings. The number of hydrogen-bond donors (Lipinski definition) is 0. The Morgan fingerprint density at radius 1 is 0.457 bits per heavy atom. The van der Waals surface area contributed by atoms with Crippen molar-refractivity contribution in [1.29, 1.82) is 0 Å².